The van der Waals surface area contributed by atoms with Crippen LogP contribution in [-0.2, 0) is 20.4 Å². The van der Waals surface area contributed by atoms with Gasteiger partial charge in [0.2, 0.25) is 0 Å². The standard InChI is InChI=1S/C44H70N2.Pd/c1-7-9-11-12-13-14-15-16-17-18-19-20-21-22-23-24-25-26-27-28-30-44(46-42-35-39(5)32-40(6)36-42)43(29-10-8-2)45-41-33-37(3)31-38(4)34-41;/h28,30-36H,7-27,29H2,1-6H3;/b30-28+,45-43?,46-44?;. The van der Waals surface area contributed by atoms with Crippen molar-refractivity contribution >= 4 is 22.8 Å². The summed E-state index contributed by atoms with van der Waals surface area (Å²) in [5.74, 6) is 0. The van der Waals surface area contributed by atoms with Gasteiger partial charge in [0.15, 0.2) is 0 Å². The molecule has 0 aliphatic rings. The Morgan fingerprint density at radius 2 is 0.830 bits per heavy atom. The van der Waals surface area contributed by atoms with Gasteiger partial charge in [0, 0.05) is 20.4 Å². The van der Waals surface area contributed by atoms with Crippen molar-refractivity contribution in [1.82, 2.24) is 0 Å². The van der Waals surface area contributed by atoms with E-state index < -0.39 is 0 Å². The van der Waals surface area contributed by atoms with E-state index in [9.17, 15) is 0 Å². The predicted molar refractivity (Wildman–Crippen MR) is 208 cm³/mol. The van der Waals surface area contributed by atoms with Crippen LogP contribution in [0.3, 0.4) is 0 Å². The minimum Gasteiger partial charge on any atom is -0.251 e. The fourth-order valence-corrected chi connectivity index (χ4v) is 6.47. The summed E-state index contributed by atoms with van der Waals surface area (Å²) in [5, 5.41) is 0. The Bertz CT molecular complexity index is 1130. The molecule has 266 valence electrons. The summed E-state index contributed by atoms with van der Waals surface area (Å²) in [6.07, 6.45) is 34.4. The maximum Gasteiger partial charge on any atom is 0.0848 e. The largest absolute Gasteiger partial charge is 0.251 e. The van der Waals surface area contributed by atoms with E-state index in [1.165, 1.54) is 138 Å². The molecule has 0 unspecified atom stereocenters. The molecule has 2 nitrogen and oxygen atoms in total. The molecule has 0 saturated heterocycles. The number of nitrogens with zero attached hydrogens (tertiary/aromatic N) is 2. The summed E-state index contributed by atoms with van der Waals surface area (Å²) in [6, 6.07) is 13.2. The summed E-state index contributed by atoms with van der Waals surface area (Å²) in [7, 11) is 0. The molecule has 3 heteroatoms. The van der Waals surface area contributed by atoms with Gasteiger partial charge in [-0.3, -0.25) is 4.99 Å². The van der Waals surface area contributed by atoms with Crippen molar-refractivity contribution < 1.29 is 20.4 Å². The van der Waals surface area contributed by atoms with Gasteiger partial charge in [-0.05, 0) is 106 Å². The van der Waals surface area contributed by atoms with Crippen LogP contribution in [0.5, 0.6) is 0 Å². The van der Waals surface area contributed by atoms with E-state index in [0.717, 1.165) is 48.5 Å². The van der Waals surface area contributed by atoms with Crippen LogP contribution < -0.4 is 0 Å². The minimum absolute atomic E-state index is 0. The Hall–Kier alpha value is -1.82. The number of hydrogen-bond acceptors (Lipinski definition) is 2. The molecular formula is C44H70N2Pd. The maximum absolute atomic E-state index is 5.20. The first-order valence-electron chi connectivity index (χ1n) is 19.4. The monoisotopic (exact) mass is 732 g/mol. The molecule has 0 bridgehead atoms. The molecule has 0 heterocycles. The molecule has 0 radical (unpaired) electrons. The first kappa shape index (κ1) is 43.2. The summed E-state index contributed by atoms with van der Waals surface area (Å²) < 4.78 is 0. The van der Waals surface area contributed by atoms with Crippen molar-refractivity contribution in [3.05, 3.63) is 70.8 Å². The summed E-state index contributed by atoms with van der Waals surface area (Å²) in [5.41, 5.74) is 9.19. The molecule has 0 aliphatic carbocycles. The maximum atomic E-state index is 5.20. The summed E-state index contributed by atoms with van der Waals surface area (Å²) in [4.78, 5) is 10.4. The van der Waals surface area contributed by atoms with Crippen LogP contribution in [0.25, 0.3) is 0 Å². The number of aliphatic imine (C=N–C) groups is 2. The number of hydrogen-bond donors (Lipinski definition) is 0. The molecule has 2 aromatic carbocycles. The third-order valence-corrected chi connectivity index (χ3v) is 8.99. The molecule has 47 heavy (non-hydrogen) atoms. The third kappa shape index (κ3) is 21.7. The first-order chi connectivity index (χ1) is 22.4. The zero-order valence-corrected chi connectivity index (χ0v) is 32.9. The van der Waals surface area contributed by atoms with Gasteiger partial charge in [-0.25, -0.2) is 4.99 Å². The Morgan fingerprint density at radius 1 is 0.468 bits per heavy atom. The van der Waals surface area contributed by atoms with Crippen molar-refractivity contribution in [3.63, 3.8) is 0 Å². The molecule has 0 N–H and O–H groups in total. The zero-order valence-electron chi connectivity index (χ0n) is 31.4. The molecule has 0 amide bonds. The summed E-state index contributed by atoms with van der Waals surface area (Å²) in [6.45, 7) is 13.2. The van der Waals surface area contributed by atoms with E-state index in [4.69, 9.17) is 9.98 Å². The van der Waals surface area contributed by atoms with Crippen LogP contribution in [0.4, 0.5) is 11.4 Å². The van der Waals surface area contributed by atoms with E-state index in [-0.39, 0.29) is 20.4 Å². The van der Waals surface area contributed by atoms with E-state index in [0.29, 0.717) is 0 Å². The number of aryl methyl sites for hydroxylation is 4. The van der Waals surface area contributed by atoms with Crippen LogP contribution >= 0.6 is 0 Å². The molecule has 0 saturated carbocycles. The molecule has 0 fully saturated rings. The van der Waals surface area contributed by atoms with Crippen molar-refractivity contribution in [3.8, 4) is 0 Å². The van der Waals surface area contributed by atoms with Crippen LogP contribution in [0, 0.1) is 27.7 Å². The van der Waals surface area contributed by atoms with Crippen LogP contribution in [0.15, 0.2) is 58.5 Å². The number of benzene rings is 2. The fraction of sp³-hybridized carbons (Fsp3) is 0.636. The third-order valence-electron chi connectivity index (χ3n) is 8.99. The zero-order chi connectivity index (χ0) is 33.2. The number of unbranched alkanes of at least 4 members (excludes halogenated alkanes) is 19. The van der Waals surface area contributed by atoms with Crippen molar-refractivity contribution in [2.75, 3.05) is 0 Å². The van der Waals surface area contributed by atoms with Gasteiger partial charge in [-0.15, -0.1) is 0 Å². The van der Waals surface area contributed by atoms with E-state index >= 15 is 0 Å². The van der Waals surface area contributed by atoms with Crippen molar-refractivity contribution in [2.45, 2.75) is 183 Å². The van der Waals surface area contributed by atoms with E-state index in [1.807, 2.05) is 0 Å². The number of rotatable bonds is 26. The van der Waals surface area contributed by atoms with E-state index in [2.05, 4.69) is 90.1 Å². The van der Waals surface area contributed by atoms with Crippen LogP contribution in [0.1, 0.15) is 177 Å². The molecular weight excluding hydrogens is 663 g/mol. The molecule has 2 rings (SSSR count). The fourth-order valence-electron chi connectivity index (χ4n) is 6.47. The Balaban J connectivity index is 0.0000110. The predicted octanol–water partition coefficient (Wildman–Crippen LogP) is 14.9. The van der Waals surface area contributed by atoms with Gasteiger partial charge in [-0.1, -0.05) is 148 Å². The normalized spacial score (nSPS) is 12.2. The van der Waals surface area contributed by atoms with Crippen molar-refractivity contribution in [2.24, 2.45) is 9.98 Å². The molecule has 0 aliphatic heterocycles. The van der Waals surface area contributed by atoms with Crippen molar-refractivity contribution in [1.29, 1.82) is 0 Å². The average Bonchev–Trinajstić information content (AvgIpc) is 3.00. The van der Waals surface area contributed by atoms with Crippen LogP contribution in [-0.4, -0.2) is 11.4 Å². The molecule has 0 atom stereocenters. The van der Waals surface area contributed by atoms with Gasteiger partial charge >= 0.3 is 0 Å². The Labute approximate surface area is 305 Å². The quantitative estimate of drug-likeness (QED) is 0.0523. The van der Waals surface area contributed by atoms with E-state index in [1.54, 1.807) is 0 Å². The van der Waals surface area contributed by atoms with Crippen LogP contribution in [0.2, 0.25) is 0 Å². The second kappa shape index (κ2) is 28.1. The SMILES string of the molecule is CCCCCCCCCCCCCCCCCCCC/C=C/C(=Nc1cc(C)cc(C)c1)C(CCCC)=Nc1cc(C)cc(C)c1.[Pd]. The number of allylic oxidation sites excluding steroid dienone is 2. The summed E-state index contributed by atoms with van der Waals surface area (Å²) >= 11 is 0. The van der Waals surface area contributed by atoms with Gasteiger partial charge in [-0.2, -0.15) is 0 Å². The molecule has 2 aromatic rings. The first-order valence-corrected chi connectivity index (χ1v) is 19.4. The van der Waals surface area contributed by atoms with Gasteiger partial charge in [0.25, 0.3) is 0 Å². The molecule has 0 spiro atoms. The van der Waals surface area contributed by atoms with Gasteiger partial charge in [0.05, 0.1) is 22.8 Å². The molecule has 0 aromatic heterocycles. The van der Waals surface area contributed by atoms with Gasteiger partial charge < -0.3 is 0 Å². The average molecular weight is 733 g/mol. The smallest absolute Gasteiger partial charge is 0.0848 e. The Morgan fingerprint density at radius 3 is 1.23 bits per heavy atom. The second-order valence-corrected chi connectivity index (χ2v) is 14.1. The van der Waals surface area contributed by atoms with Gasteiger partial charge in [0.1, 0.15) is 0 Å². The minimum atomic E-state index is 0. The topological polar surface area (TPSA) is 24.7 Å². The second-order valence-electron chi connectivity index (χ2n) is 14.1. The Kier molecular flexibility index (Phi) is 25.8.